The molecule has 0 spiro atoms. The molecular weight excluding hydrogens is 548 g/mol. The van der Waals surface area contributed by atoms with Crippen LogP contribution >= 0.6 is 11.6 Å². The van der Waals surface area contributed by atoms with Crippen molar-refractivity contribution >= 4 is 45.7 Å². The van der Waals surface area contributed by atoms with Gasteiger partial charge in [-0.05, 0) is 48.9 Å². The fourth-order valence-corrected chi connectivity index (χ4v) is 4.59. The highest BCUT2D eigenvalue weighted by atomic mass is 35.5. The van der Waals surface area contributed by atoms with Gasteiger partial charge in [-0.1, -0.05) is 62.7 Å². The number of nitrogens with one attached hydrogen (secondary N) is 3. The van der Waals surface area contributed by atoms with Crippen molar-refractivity contribution in [2.75, 3.05) is 28.4 Å². The third kappa shape index (κ3) is 6.83. The first-order chi connectivity index (χ1) is 20.2. The molecule has 216 valence electrons. The molecule has 9 heteroatoms. The molecule has 0 unspecified atom stereocenters. The largest absolute Gasteiger partial charge is 0.488 e. The van der Waals surface area contributed by atoms with Gasteiger partial charge in [-0.15, -0.1) is 11.6 Å². The number of alkyl halides is 1. The Morgan fingerprint density at radius 3 is 2.45 bits per heavy atom. The lowest BCUT2D eigenvalue weighted by atomic mass is 9.92. The molecule has 3 N–H and O–H groups in total. The summed E-state index contributed by atoms with van der Waals surface area (Å²) in [5.41, 5.74) is 4.36. The van der Waals surface area contributed by atoms with Crippen molar-refractivity contribution in [3.8, 4) is 11.4 Å². The first-order valence-electron chi connectivity index (χ1n) is 13.9. The van der Waals surface area contributed by atoms with Gasteiger partial charge >= 0.3 is 6.03 Å². The average molecular weight is 583 g/mol. The normalized spacial score (nSPS) is 11.4. The molecule has 0 fully saturated rings. The van der Waals surface area contributed by atoms with Gasteiger partial charge in [0.2, 0.25) is 0 Å². The lowest BCUT2D eigenvalue weighted by molar-refractivity contribution is 0.262. The van der Waals surface area contributed by atoms with Crippen LogP contribution in [0.1, 0.15) is 37.6 Å². The number of pyridine rings is 1. The molecule has 0 saturated carbocycles. The Labute approximate surface area is 251 Å². The van der Waals surface area contributed by atoms with Crippen molar-refractivity contribution in [3.05, 3.63) is 102 Å². The van der Waals surface area contributed by atoms with E-state index in [-0.39, 0.29) is 11.4 Å². The molecule has 0 saturated heterocycles. The second-order valence-electron chi connectivity index (χ2n) is 11.1. The number of carbonyl (C=O) groups excluding carboxylic acids is 1. The number of urea groups is 1. The highest BCUT2D eigenvalue weighted by molar-refractivity contribution is 6.18. The van der Waals surface area contributed by atoms with Crippen molar-refractivity contribution in [1.29, 1.82) is 0 Å². The van der Waals surface area contributed by atoms with E-state index in [1.54, 1.807) is 10.9 Å². The summed E-state index contributed by atoms with van der Waals surface area (Å²) >= 11 is 5.78. The minimum atomic E-state index is -0.365. The van der Waals surface area contributed by atoms with Gasteiger partial charge in [-0.3, -0.25) is 5.32 Å². The van der Waals surface area contributed by atoms with Crippen LogP contribution in [0.4, 0.5) is 22.1 Å². The molecule has 5 aromatic rings. The van der Waals surface area contributed by atoms with E-state index in [1.165, 1.54) is 0 Å². The van der Waals surface area contributed by atoms with Crippen LogP contribution in [-0.4, -0.2) is 33.2 Å². The number of fused-ring (bicyclic) bond motifs is 1. The zero-order valence-corrected chi connectivity index (χ0v) is 25.0. The Morgan fingerprint density at radius 2 is 1.71 bits per heavy atom. The van der Waals surface area contributed by atoms with Crippen LogP contribution in [0, 0.1) is 6.92 Å². The number of hydrogen-bond acceptors (Lipinski definition) is 5. The quantitative estimate of drug-likeness (QED) is 0.154. The number of rotatable bonds is 9. The maximum absolute atomic E-state index is 13.3. The molecule has 0 bridgehead atoms. The molecule has 42 heavy (non-hydrogen) atoms. The fourth-order valence-electron chi connectivity index (χ4n) is 4.49. The Balaban J connectivity index is 1.35. The van der Waals surface area contributed by atoms with Crippen LogP contribution in [0.25, 0.3) is 16.5 Å². The van der Waals surface area contributed by atoms with E-state index in [9.17, 15) is 4.79 Å². The molecule has 0 aliphatic heterocycles. The summed E-state index contributed by atoms with van der Waals surface area (Å²) in [7, 11) is 0. The lowest BCUT2D eigenvalue weighted by Gasteiger charge is -2.15. The van der Waals surface area contributed by atoms with E-state index in [0.29, 0.717) is 30.5 Å². The Kier molecular flexibility index (Phi) is 8.64. The monoisotopic (exact) mass is 582 g/mol. The smallest absolute Gasteiger partial charge is 0.324 e. The number of aromatic nitrogens is 3. The summed E-state index contributed by atoms with van der Waals surface area (Å²) in [6.07, 6.45) is 1.74. The number of benzene rings is 3. The number of halogens is 1. The van der Waals surface area contributed by atoms with Crippen LogP contribution < -0.4 is 20.7 Å². The highest BCUT2D eigenvalue weighted by Crippen LogP contribution is 2.33. The first kappa shape index (κ1) is 29.0. The van der Waals surface area contributed by atoms with Gasteiger partial charge in [0.15, 0.2) is 0 Å². The minimum Gasteiger partial charge on any atom is -0.488 e. The number of hydrogen-bond donors (Lipinski definition) is 3. The van der Waals surface area contributed by atoms with E-state index in [0.717, 1.165) is 44.8 Å². The number of ether oxygens (including phenoxy) is 1. The summed E-state index contributed by atoms with van der Waals surface area (Å²) in [6, 6.07) is 25.0. The topological polar surface area (TPSA) is 93.1 Å². The summed E-state index contributed by atoms with van der Waals surface area (Å²) in [4.78, 5) is 17.6. The van der Waals surface area contributed by atoms with Crippen LogP contribution in [-0.2, 0) is 12.0 Å². The molecule has 3 aromatic carbocycles. The second kappa shape index (κ2) is 12.5. The predicted molar refractivity (Wildman–Crippen MR) is 171 cm³/mol. The Hall–Kier alpha value is -4.56. The van der Waals surface area contributed by atoms with Gasteiger partial charge in [0.25, 0.3) is 0 Å². The summed E-state index contributed by atoms with van der Waals surface area (Å²) in [6.45, 7) is 9.34. The van der Waals surface area contributed by atoms with Gasteiger partial charge in [-0.2, -0.15) is 5.10 Å². The lowest BCUT2D eigenvalue weighted by Crippen LogP contribution is -2.21. The Morgan fingerprint density at radius 1 is 0.952 bits per heavy atom. The molecule has 2 aromatic heterocycles. The van der Waals surface area contributed by atoms with Crippen molar-refractivity contribution in [3.63, 3.8) is 0 Å². The van der Waals surface area contributed by atoms with Crippen LogP contribution in [0.2, 0.25) is 0 Å². The van der Waals surface area contributed by atoms with Gasteiger partial charge in [0, 0.05) is 40.9 Å². The Bertz CT molecular complexity index is 1690. The van der Waals surface area contributed by atoms with Crippen LogP contribution in [0.5, 0.6) is 5.75 Å². The van der Waals surface area contributed by atoms with Crippen LogP contribution in [0.3, 0.4) is 0 Å². The van der Waals surface area contributed by atoms with Gasteiger partial charge < -0.3 is 15.4 Å². The highest BCUT2D eigenvalue weighted by Gasteiger charge is 2.22. The van der Waals surface area contributed by atoms with Gasteiger partial charge in [0.05, 0.1) is 17.1 Å². The second-order valence-corrected chi connectivity index (χ2v) is 11.5. The van der Waals surface area contributed by atoms with Crippen molar-refractivity contribution in [2.24, 2.45) is 0 Å². The third-order valence-electron chi connectivity index (χ3n) is 6.75. The molecular formula is C33H35ClN6O2. The number of amides is 2. The minimum absolute atomic E-state index is 0.187. The molecule has 8 nitrogen and oxygen atoms in total. The molecule has 2 amide bonds. The first-order valence-corrected chi connectivity index (χ1v) is 14.4. The molecule has 5 rings (SSSR count). The summed E-state index contributed by atoms with van der Waals surface area (Å²) < 4.78 is 7.97. The van der Waals surface area contributed by atoms with Crippen molar-refractivity contribution < 1.29 is 9.53 Å². The predicted octanol–water partition coefficient (Wildman–Crippen LogP) is 7.90. The maximum Gasteiger partial charge on any atom is 0.324 e. The molecule has 0 aliphatic carbocycles. The molecule has 0 atom stereocenters. The zero-order valence-electron chi connectivity index (χ0n) is 24.2. The number of aryl methyl sites for hydroxylation is 1. The van der Waals surface area contributed by atoms with E-state index in [4.69, 9.17) is 21.4 Å². The van der Waals surface area contributed by atoms with Gasteiger partial charge in [0.1, 0.15) is 24.0 Å². The van der Waals surface area contributed by atoms with E-state index in [2.05, 4.69) is 41.7 Å². The van der Waals surface area contributed by atoms with Crippen molar-refractivity contribution in [1.82, 2.24) is 14.8 Å². The summed E-state index contributed by atoms with van der Waals surface area (Å²) in [5.74, 6) is 2.56. The number of anilines is 3. The maximum atomic E-state index is 13.3. The average Bonchev–Trinajstić information content (AvgIpc) is 3.40. The fraction of sp³-hybridized carbons (Fsp3) is 0.242. The van der Waals surface area contributed by atoms with Gasteiger partial charge in [-0.25, -0.2) is 14.5 Å². The summed E-state index contributed by atoms with van der Waals surface area (Å²) in [5, 5.41) is 15.8. The van der Waals surface area contributed by atoms with Crippen LogP contribution in [0.15, 0.2) is 85.1 Å². The zero-order chi connectivity index (χ0) is 29.7. The standard InChI is InChI=1S/C33H35ClN6O2/c1-22-9-11-24(12-10-22)40-31(20-29(39-40)33(2,3)4)38-32(41)37-27-13-14-28(26-8-6-5-7-25(26)27)42-21-23-15-17-35-30(19-23)36-18-16-34/h5-15,17,19-20H,16,18,21H2,1-4H3,(H,35,36)(H2,37,38,41). The molecule has 0 radical (unpaired) electrons. The SMILES string of the molecule is Cc1ccc(-n2nc(C(C)(C)C)cc2NC(=O)Nc2ccc(OCc3ccnc(NCCCl)c3)c3ccccc23)cc1. The van der Waals surface area contributed by atoms with E-state index < -0.39 is 0 Å². The van der Waals surface area contributed by atoms with E-state index in [1.807, 2.05) is 85.8 Å². The number of carbonyl (C=O) groups is 1. The third-order valence-corrected chi connectivity index (χ3v) is 6.94. The molecule has 2 heterocycles. The van der Waals surface area contributed by atoms with E-state index >= 15 is 0 Å². The number of nitrogens with zero attached hydrogens (tertiary/aromatic N) is 3. The van der Waals surface area contributed by atoms with Crippen molar-refractivity contribution in [2.45, 2.75) is 39.7 Å². The molecule has 0 aliphatic rings.